The first-order valence-corrected chi connectivity index (χ1v) is 9.09. The van der Waals surface area contributed by atoms with Crippen LogP contribution in [0.5, 0.6) is 0 Å². The van der Waals surface area contributed by atoms with Crippen molar-refractivity contribution in [3.05, 3.63) is 28.8 Å². The van der Waals surface area contributed by atoms with Crippen molar-refractivity contribution in [3.8, 4) is 0 Å². The van der Waals surface area contributed by atoms with Gasteiger partial charge in [0.05, 0.1) is 10.5 Å². The number of sulfonamides is 1. The molecule has 1 aromatic rings. The highest BCUT2D eigenvalue weighted by atomic mass is 35.5. The lowest BCUT2D eigenvalue weighted by atomic mass is 10.2. The van der Waals surface area contributed by atoms with Crippen LogP contribution in [0.15, 0.2) is 23.1 Å². The Kier molecular flexibility index (Phi) is 5.60. The third-order valence-electron chi connectivity index (χ3n) is 3.72. The maximum absolute atomic E-state index is 13.2. The van der Waals surface area contributed by atoms with Gasteiger partial charge in [-0.15, -0.1) is 0 Å². The van der Waals surface area contributed by atoms with E-state index >= 15 is 0 Å². The van der Waals surface area contributed by atoms with Crippen LogP contribution in [0.1, 0.15) is 25.3 Å². The SMILES string of the molecule is CCCN(C1CCNC1)S(=O)(=O)c1ccc(Cl)cc1C(F)(F)F. The Bertz CT molecular complexity index is 658. The van der Waals surface area contributed by atoms with E-state index in [0.29, 0.717) is 32.0 Å². The van der Waals surface area contributed by atoms with Crippen LogP contribution < -0.4 is 5.32 Å². The number of nitrogens with zero attached hydrogens (tertiary/aromatic N) is 1. The summed E-state index contributed by atoms with van der Waals surface area (Å²) in [4.78, 5) is -0.741. The molecule has 0 radical (unpaired) electrons. The lowest BCUT2D eigenvalue weighted by molar-refractivity contribution is -0.139. The number of rotatable bonds is 5. The smallest absolute Gasteiger partial charge is 0.315 e. The first-order valence-electron chi connectivity index (χ1n) is 7.27. The van der Waals surface area contributed by atoms with Crippen molar-refractivity contribution < 1.29 is 21.6 Å². The van der Waals surface area contributed by atoms with Crippen LogP contribution in [0.3, 0.4) is 0 Å². The van der Waals surface area contributed by atoms with Crippen molar-refractivity contribution in [2.45, 2.75) is 36.9 Å². The monoisotopic (exact) mass is 370 g/mol. The molecule has 130 valence electrons. The summed E-state index contributed by atoms with van der Waals surface area (Å²) < 4.78 is 66.6. The normalized spacial score (nSPS) is 19.5. The molecule has 1 unspecified atom stereocenters. The van der Waals surface area contributed by atoms with E-state index < -0.39 is 26.7 Å². The van der Waals surface area contributed by atoms with Crippen LogP contribution >= 0.6 is 11.6 Å². The second-order valence-electron chi connectivity index (χ2n) is 5.40. The fourth-order valence-corrected chi connectivity index (χ4v) is 4.79. The molecule has 0 amide bonds. The van der Waals surface area contributed by atoms with Gasteiger partial charge in [0.2, 0.25) is 10.0 Å². The van der Waals surface area contributed by atoms with Crippen LogP contribution in [0, 0.1) is 0 Å². The Morgan fingerprint density at radius 3 is 2.61 bits per heavy atom. The first kappa shape index (κ1) is 18.5. The molecule has 0 aliphatic carbocycles. The highest BCUT2D eigenvalue weighted by Crippen LogP contribution is 2.37. The summed E-state index contributed by atoms with van der Waals surface area (Å²) in [6.07, 6.45) is -3.70. The van der Waals surface area contributed by atoms with Gasteiger partial charge in [0.1, 0.15) is 0 Å². The molecule has 0 spiro atoms. The van der Waals surface area contributed by atoms with Crippen molar-refractivity contribution in [1.82, 2.24) is 9.62 Å². The van der Waals surface area contributed by atoms with Crippen molar-refractivity contribution in [3.63, 3.8) is 0 Å². The molecule has 1 heterocycles. The molecule has 1 saturated heterocycles. The molecular weight excluding hydrogens is 353 g/mol. The molecule has 1 aromatic carbocycles. The minimum absolute atomic E-state index is 0.152. The van der Waals surface area contributed by atoms with Gasteiger partial charge in [-0.2, -0.15) is 17.5 Å². The third kappa shape index (κ3) is 3.99. The Morgan fingerprint density at radius 2 is 2.09 bits per heavy atom. The quantitative estimate of drug-likeness (QED) is 0.866. The summed E-state index contributed by atoms with van der Waals surface area (Å²) in [5.41, 5.74) is -1.22. The van der Waals surface area contributed by atoms with Gasteiger partial charge in [0.15, 0.2) is 0 Å². The van der Waals surface area contributed by atoms with Crippen molar-refractivity contribution in [2.24, 2.45) is 0 Å². The molecule has 9 heteroatoms. The molecule has 1 N–H and O–H groups in total. The predicted octanol–water partition coefficient (Wildman–Crippen LogP) is 3.12. The Morgan fingerprint density at radius 1 is 1.39 bits per heavy atom. The van der Waals surface area contributed by atoms with Gasteiger partial charge < -0.3 is 5.32 Å². The highest BCUT2D eigenvalue weighted by Gasteiger charge is 2.41. The van der Waals surface area contributed by atoms with Crippen molar-refractivity contribution in [1.29, 1.82) is 0 Å². The molecular formula is C14H18ClF3N2O2S. The molecule has 23 heavy (non-hydrogen) atoms. The third-order valence-corrected chi connectivity index (χ3v) is 5.96. The zero-order chi connectivity index (χ0) is 17.3. The molecule has 4 nitrogen and oxygen atoms in total. The van der Waals surface area contributed by atoms with E-state index in [1.165, 1.54) is 10.4 Å². The van der Waals surface area contributed by atoms with E-state index in [9.17, 15) is 21.6 Å². The molecule has 1 aliphatic heterocycles. The van der Waals surface area contributed by atoms with E-state index in [1.54, 1.807) is 6.92 Å². The van der Waals surface area contributed by atoms with Gasteiger partial charge in [0, 0.05) is 24.2 Å². The first-order chi connectivity index (χ1) is 10.7. The van der Waals surface area contributed by atoms with E-state index in [2.05, 4.69) is 5.32 Å². The predicted molar refractivity (Wildman–Crippen MR) is 81.9 cm³/mol. The number of nitrogens with one attached hydrogen (secondary N) is 1. The number of hydrogen-bond acceptors (Lipinski definition) is 3. The average Bonchev–Trinajstić information content (AvgIpc) is 2.97. The summed E-state index contributed by atoms with van der Waals surface area (Å²) in [5, 5.41) is 2.89. The number of benzene rings is 1. The molecule has 0 aromatic heterocycles. The summed E-state index contributed by atoms with van der Waals surface area (Å²) in [6, 6.07) is 2.43. The zero-order valence-corrected chi connectivity index (χ0v) is 14.1. The Hall–Kier alpha value is -0.830. The van der Waals surface area contributed by atoms with Gasteiger partial charge in [-0.1, -0.05) is 18.5 Å². The topological polar surface area (TPSA) is 49.4 Å². The van der Waals surface area contributed by atoms with Crippen LogP contribution in [-0.4, -0.2) is 38.4 Å². The average molecular weight is 371 g/mol. The molecule has 1 aliphatic rings. The second-order valence-corrected chi connectivity index (χ2v) is 7.70. The van der Waals surface area contributed by atoms with Gasteiger partial charge >= 0.3 is 6.18 Å². The fourth-order valence-electron chi connectivity index (χ4n) is 2.68. The Labute approximate surface area is 138 Å². The summed E-state index contributed by atoms with van der Waals surface area (Å²) in [6.45, 7) is 3.05. The fraction of sp³-hybridized carbons (Fsp3) is 0.571. The van der Waals surface area contributed by atoms with E-state index in [1.807, 2.05) is 0 Å². The zero-order valence-electron chi connectivity index (χ0n) is 12.5. The minimum Gasteiger partial charge on any atom is -0.315 e. The van der Waals surface area contributed by atoms with Gasteiger partial charge in [-0.05, 0) is 37.6 Å². The highest BCUT2D eigenvalue weighted by molar-refractivity contribution is 7.89. The van der Waals surface area contributed by atoms with Crippen LogP contribution in [0.4, 0.5) is 13.2 Å². The van der Waals surface area contributed by atoms with E-state index in [4.69, 9.17) is 11.6 Å². The van der Waals surface area contributed by atoms with Crippen molar-refractivity contribution in [2.75, 3.05) is 19.6 Å². The Balaban J connectivity index is 2.53. The van der Waals surface area contributed by atoms with E-state index in [0.717, 1.165) is 6.07 Å². The van der Waals surface area contributed by atoms with Gasteiger partial charge in [0.25, 0.3) is 0 Å². The molecule has 1 fully saturated rings. The van der Waals surface area contributed by atoms with Crippen molar-refractivity contribution >= 4 is 21.6 Å². The van der Waals surface area contributed by atoms with Crippen LogP contribution in [-0.2, 0) is 16.2 Å². The van der Waals surface area contributed by atoms with Gasteiger partial charge in [-0.25, -0.2) is 8.42 Å². The van der Waals surface area contributed by atoms with E-state index in [-0.39, 0.29) is 17.6 Å². The van der Waals surface area contributed by atoms with Crippen LogP contribution in [0.2, 0.25) is 5.02 Å². The lowest BCUT2D eigenvalue weighted by Crippen LogP contribution is -2.42. The number of halogens is 4. The largest absolute Gasteiger partial charge is 0.417 e. The standard InChI is InChI=1S/C14H18ClF3N2O2S/c1-2-7-20(11-5-6-19-9-11)23(21,22)13-4-3-10(15)8-12(13)14(16,17)18/h3-4,8,11,19H,2,5-7,9H2,1H3. The summed E-state index contributed by atoms with van der Waals surface area (Å²) in [7, 11) is -4.26. The minimum atomic E-state index is -4.79. The van der Waals surface area contributed by atoms with Crippen LogP contribution in [0.25, 0.3) is 0 Å². The molecule has 1 atom stereocenters. The summed E-state index contributed by atoms with van der Waals surface area (Å²) >= 11 is 5.62. The lowest BCUT2D eigenvalue weighted by Gasteiger charge is -2.28. The number of hydrogen-bond donors (Lipinski definition) is 1. The second kappa shape index (κ2) is 6.96. The molecule has 0 bridgehead atoms. The number of alkyl halides is 3. The van der Waals surface area contributed by atoms with Gasteiger partial charge in [-0.3, -0.25) is 0 Å². The summed E-state index contributed by atoms with van der Waals surface area (Å²) in [5.74, 6) is 0. The maximum atomic E-state index is 13.2. The maximum Gasteiger partial charge on any atom is 0.417 e. The molecule has 2 rings (SSSR count). The molecule has 0 saturated carbocycles.